The summed E-state index contributed by atoms with van der Waals surface area (Å²) in [6.45, 7) is 2.06. The fourth-order valence-corrected chi connectivity index (χ4v) is 3.93. The maximum Gasteiger partial charge on any atom is 0.244 e. The summed E-state index contributed by atoms with van der Waals surface area (Å²) in [5, 5.41) is 3.82. The van der Waals surface area contributed by atoms with Crippen molar-refractivity contribution in [3.63, 3.8) is 0 Å². The van der Waals surface area contributed by atoms with Crippen molar-refractivity contribution in [2.45, 2.75) is 13.5 Å². The minimum atomic E-state index is -3.44. The van der Waals surface area contributed by atoms with Crippen LogP contribution in [0.2, 0.25) is 0 Å². The van der Waals surface area contributed by atoms with Gasteiger partial charge in [-0.15, -0.1) is 0 Å². The van der Waals surface area contributed by atoms with Crippen LogP contribution in [0, 0.1) is 6.92 Å². The normalized spacial score (nSPS) is 11.5. The molecule has 1 aromatic heterocycles. The first-order chi connectivity index (χ1) is 12.3. The van der Waals surface area contributed by atoms with E-state index < -0.39 is 10.0 Å². The van der Waals surface area contributed by atoms with Crippen LogP contribution >= 0.6 is 15.9 Å². The van der Waals surface area contributed by atoms with Gasteiger partial charge in [0.15, 0.2) is 0 Å². The lowest BCUT2D eigenvalue weighted by Gasteiger charge is -2.13. The minimum absolute atomic E-state index is 0.116. The molecule has 8 heteroatoms. The van der Waals surface area contributed by atoms with Gasteiger partial charge in [0.2, 0.25) is 15.9 Å². The topological polar surface area (TPSA) is 80.2 Å². The van der Waals surface area contributed by atoms with Gasteiger partial charge < -0.3 is 9.88 Å². The van der Waals surface area contributed by atoms with Gasteiger partial charge in [-0.05, 0) is 41.1 Å². The number of aromatic nitrogens is 1. The summed E-state index contributed by atoms with van der Waals surface area (Å²) in [5.41, 5.74) is 2.65. The van der Waals surface area contributed by atoms with Gasteiger partial charge in [-0.3, -0.25) is 9.52 Å². The van der Waals surface area contributed by atoms with E-state index in [1.807, 2.05) is 35.8 Å². The fourth-order valence-electron chi connectivity index (χ4n) is 2.81. The van der Waals surface area contributed by atoms with E-state index in [2.05, 4.69) is 26.0 Å². The molecule has 0 spiro atoms. The van der Waals surface area contributed by atoms with Crippen LogP contribution in [0.5, 0.6) is 0 Å². The summed E-state index contributed by atoms with van der Waals surface area (Å²) in [5.74, 6) is -0.246. The van der Waals surface area contributed by atoms with Crippen LogP contribution in [0.1, 0.15) is 5.69 Å². The molecule has 0 aliphatic rings. The number of rotatable bonds is 5. The van der Waals surface area contributed by atoms with Crippen LogP contribution in [0.15, 0.2) is 53.0 Å². The summed E-state index contributed by atoms with van der Waals surface area (Å²) >= 11 is 3.57. The SMILES string of the molecule is Cc1c(Br)c2ccccc2n1CC(=O)Nc1ccccc1NS(C)(=O)=O. The number of fused-ring (bicyclic) bond motifs is 1. The molecule has 1 heterocycles. The zero-order chi connectivity index (χ0) is 18.9. The third kappa shape index (κ3) is 3.91. The maximum absolute atomic E-state index is 12.6. The molecule has 26 heavy (non-hydrogen) atoms. The van der Waals surface area contributed by atoms with Crippen LogP contribution in [-0.2, 0) is 21.4 Å². The second-order valence-corrected chi connectivity index (χ2v) is 8.51. The lowest BCUT2D eigenvalue weighted by Crippen LogP contribution is -2.20. The maximum atomic E-state index is 12.6. The fraction of sp³-hybridized carbons (Fsp3) is 0.167. The number of carbonyl (C=O) groups excluding carboxylic acids is 1. The molecule has 0 saturated carbocycles. The lowest BCUT2D eigenvalue weighted by atomic mass is 10.2. The Balaban J connectivity index is 1.86. The van der Waals surface area contributed by atoms with Crippen molar-refractivity contribution < 1.29 is 13.2 Å². The molecule has 0 aliphatic heterocycles. The van der Waals surface area contributed by atoms with Crippen molar-refractivity contribution in [2.75, 3.05) is 16.3 Å². The molecule has 1 amide bonds. The van der Waals surface area contributed by atoms with Crippen molar-refractivity contribution in [3.8, 4) is 0 Å². The minimum Gasteiger partial charge on any atom is -0.334 e. The van der Waals surface area contributed by atoms with Gasteiger partial charge >= 0.3 is 0 Å². The number of amides is 1. The zero-order valence-corrected chi connectivity index (χ0v) is 16.7. The number of hydrogen-bond acceptors (Lipinski definition) is 3. The molecular weight excluding hydrogens is 418 g/mol. The van der Waals surface area contributed by atoms with Crippen LogP contribution in [0.4, 0.5) is 11.4 Å². The highest BCUT2D eigenvalue weighted by atomic mass is 79.9. The number of halogens is 1. The predicted octanol–water partition coefficient (Wildman–Crippen LogP) is 3.72. The van der Waals surface area contributed by atoms with E-state index in [-0.39, 0.29) is 12.5 Å². The van der Waals surface area contributed by atoms with Gasteiger partial charge in [0.05, 0.1) is 17.6 Å². The Morgan fingerprint density at radius 1 is 1.08 bits per heavy atom. The Morgan fingerprint density at radius 3 is 2.38 bits per heavy atom. The van der Waals surface area contributed by atoms with Crippen LogP contribution < -0.4 is 10.0 Å². The van der Waals surface area contributed by atoms with Gasteiger partial charge in [0.1, 0.15) is 6.54 Å². The van der Waals surface area contributed by atoms with Gasteiger partial charge in [0, 0.05) is 21.1 Å². The van der Waals surface area contributed by atoms with Crippen LogP contribution in [0.25, 0.3) is 10.9 Å². The first-order valence-electron chi connectivity index (χ1n) is 7.86. The molecule has 0 unspecified atom stereocenters. The Morgan fingerprint density at radius 2 is 1.69 bits per heavy atom. The van der Waals surface area contributed by atoms with E-state index in [9.17, 15) is 13.2 Å². The van der Waals surface area contributed by atoms with E-state index >= 15 is 0 Å². The number of para-hydroxylation sites is 3. The molecule has 0 fully saturated rings. The summed E-state index contributed by atoms with van der Waals surface area (Å²) in [6, 6.07) is 14.5. The Bertz CT molecular complexity index is 1090. The highest BCUT2D eigenvalue weighted by molar-refractivity contribution is 9.10. The molecule has 3 aromatic rings. The Hall–Kier alpha value is -2.32. The van der Waals surface area contributed by atoms with E-state index in [1.165, 1.54) is 0 Å². The van der Waals surface area contributed by atoms with E-state index in [0.717, 1.165) is 27.3 Å². The quantitative estimate of drug-likeness (QED) is 0.640. The van der Waals surface area contributed by atoms with Crippen molar-refractivity contribution in [3.05, 3.63) is 58.7 Å². The summed E-state index contributed by atoms with van der Waals surface area (Å²) in [6.07, 6.45) is 1.07. The largest absolute Gasteiger partial charge is 0.334 e. The van der Waals surface area contributed by atoms with Crippen molar-refractivity contribution >= 4 is 54.1 Å². The van der Waals surface area contributed by atoms with E-state index in [0.29, 0.717) is 11.4 Å². The molecule has 2 aromatic carbocycles. The number of nitrogens with one attached hydrogen (secondary N) is 2. The lowest BCUT2D eigenvalue weighted by molar-refractivity contribution is -0.116. The summed E-state index contributed by atoms with van der Waals surface area (Å²) in [4.78, 5) is 12.6. The van der Waals surface area contributed by atoms with E-state index in [4.69, 9.17) is 0 Å². The number of benzene rings is 2. The molecule has 0 aliphatic carbocycles. The highest BCUT2D eigenvalue weighted by Gasteiger charge is 2.15. The van der Waals surface area contributed by atoms with E-state index in [1.54, 1.807) is 24.3 Å². The molecule has 136 valence electrons. The van der Waals surface area contributed by atoms with Crippen LogP contribution in [-0.4, -0.2) is 25.1 Å². The van der Waals surface area contributed by atoms with Gasteiger partial charge in [-0.1, -0.05) is 30.3 Å². The first kappa shape index (κ1) is 18.5. The molecule has 3 rings (SSSR count). The Kier molecular flexibility index (Phi) is 5.06. The monoisotopic (exact) mass is 435 g/mol. The number of carbonyl (C=O) groups is 1. The first-order valence-corrected chi connectivity index (χ1v) is 10.5. The average Bonchev–Trinajstić information content (AvgIpc) is 2.81. The second-order valence-electron chi connectivity index (χ2n) is 5.97. The van der Waals surface area contributed by atoms with Gasteiger partial charge in [0.25, 0.3) is 0 Å². The molecular formula is C18H18BrN3O3S. The molecule has 0 bridgehead atoms. The molecule has 0 atom stereocenters. The van der Waals surface area contributed by atoms with Gasteiger partial charge in [-0.2, -0.15) is 0 Å². The number of hydrogen-bond donors (Lipinski definition) is 2. The predicted molar refractivity (Wildman–Crippen MR) is 108 cm³/mol. The number of sulfonamides is 1. The zero-order valence-electron chi connectivity index (χ0n) is 14.3. The highest BCUT2D eigenvalue weighted by Crippen LogP contribution is 2.30. The van der Waals surface area contributed by atoms with Crippen molar-refractivity contribution in [1.29, 1.82) is 0 Å². The molecule has 0 saturated heterocycles. The summed E-state index contributed by atoms with van der Waals surface area (Å²) in [7, 11) is -3.44. The number of anilines is 2. The second kappa shape index (κ2) is 7.13. The molecule has 0 radical (unpaired) electrons. The average molecular weight is 436 g/mol. The third-order valence-electron chi connectivity index (χ3n) is 3.95. The van der Waals surface area contributed by atoms with Crippen LogP contribution in [0.3, 0.4) is 0 Å². The number of nitrogens with zero attached hydrogens (tertiary/aromatic N) is 1. The van der Waals surface area contributed by atoms with Gasteiger partial charge in [-0.25, -0.2) is 8.42 Å². The smallest absolute Gasteiger partial charge is 0.244 e. The standard InChI is InChI=1S/C18H18BrN3O3S/c1-12-18(19)13-7-3-6-10-16(13)22(12)11-17(23)20-14-8-4-5-9-15(14)21-26(2,24)25/h3-10,21H,11H2,1-2H3,(H,20,23). The Labute approximate surface area is 160 Å². The van der Waals surface area contributed by atoms with Crippen molar-refractivity contribution in [2.24, 2.45) is 0 Å². The third-order valence-corrected chi connectivity index (χ3v) is 5.54. The molecule has 2 N–H and O–H groups in total. The molecule has 6 nitrogen and oxygen atoms in total. The van der Waals surface area contributed by atoms with Crippen molar-refractivity contribution in [1.82, 2.24) is 4.57 Å². The summed E-state index contributed by atoms with van der Waals surface area (Å²) < 4.78 is 28.3.